The number of hydrogen-bond acceptors (Lipinski definition) is 5. The number of rotatable bonds is 3. The molecule has 128 valence electrons. The summed E-state index contributed by atoms with van der Waals surface area (Å²) in [6.45, 7) is 5.53. The molecule has 7 nitrogen and oxygen atoms in total. The second kappa shape index (κ2) is 5.02. The number of non-ortho nitro benzene ring substituents is 1. The predicted octanol–water partition coefficient (Wildman–Crippen LogP) is 3.42. The number of nitro groups is 1. The highest BCUT2D eigenvalue weighted by molar-refractivity contribution is 9.10. The third-order valence-electron chi connectivity index (χ3n) is 5.86. The highest BCUT2D eigenvalue weighted by Crippen LogP contribution is 2.65. The van der Waals surface area contributed by atoms with Gasteiger partial charge in [0.05, 0.1) is 16.0 Å². The molecule has 1 amide bonds. The molecule has 0 unspecified atom stereocenters. The van der Waals surface area contributed by atoms with Crippen LogP contribution in [-0.4, -0.2) is 22.4 Å². The minimum absolute atomic E-state index is 0.134. The number of nitrogens with one attached hydrogen (secondary N) is 1. The number of carbonyl (C=O) groups is 2. The summed E-state index contributed by atoms with van der Waals surface area (Å²) in [6, 6.07) is 4.11. The number of esters is 1. The zero-order chi connectivity index (χ0) is 17.9. The van der Waals surface area contributed by atoms with Gasteiger partial charge in [0, 0.05) is 22.0 Å². The molecule has 2 atom stereocenters. The molecule has 1 heterocycles. The number of anilines is 1. The Morgan fingerprint density at radius 1 is 1.33 bits per heavy atom. The molecular weight excluding hydrogens is 380 g/mol. The van der Waals surface area contributed by atoms with Gasteiger partial charge in [-0.05, 0) is 41.8 Å². The molecule has 0 radical (unpaired) electrons. The maximum absolute atomic E-state index is 13.0. The molecule has 2 fully saturated rings. The monoisotopic (exact) mass is 396 g/mol. The fourth-order valence-corrected chi connectivity index (χ4v) is 4.04. The number of hydrogen-bond donors (Lipinski definition) is 1. The van der Waals surface area contributed by atoms with E-state index in [4.69, 9.17) is 4.74 Å². The van der Waals surface area contributed by atoms with Crippen molar-refractivity contribution in [2.45, 2.75) is 39.2 Å². The lowest BCUT2D eigenvalue weighted by Gasteiger charge is -2.35. The van der Waals surface area contributed by atoms with Crippen molar-refractivity contribution in [1.82, 2.24) is 0 Å². The smallest absolute Gasteiger partial charge is 0.313 e. The summed E-state index contributed by atoms with van der Waals surface area (Å²) >= 11 is 3.27. The van der Waals surface area contributed by atoms with Crippen molar-refractivity contribution in [2.24, 2.45) is 10.8 Å². The predicted molar refractivity (Wildman–Crippen MR) is 89.4 cm³/mol. The Labute approximate surface area is 147 Å². The summed E-state index contributed by atoms with van der Waals surface area (Å²) in [5, 5.41) is 13.6. The van der Waals surface area contributed by atoms with E-state index in [1.165, 1.54) is 18.2 Å². The second-order valence-electron chi connectivity index (χ2n) is 7.05. The Morgan fingerprint density at radius 2 is 2.00 bits per heavy atom. The molecule has 1 N–H and O–H groups in total. The van der Waals surface area contributed by atoms with Crippen molar-refractivity contribution < 1.29 is 19.2 Å². The van der Waals surface area contributed by atoms with Crippen LogP contribution < -0.4 is 5.32 Å². The van der Waals surface area contributed by atoms with Gasteiger partial charge in [-0.3, -0.25) is 19.7 Å². The van der Waals surface area contributed by atoms with E-state index in [1.807, 2.05) is 20.8 Å². The van der Waals surface area contributed by atoms with E-state index >= 15 is 0 Å². The van der Waals surface area contributed by atoms with Gasteiger partial charge in [0.2, 0.25) is 0 Å². The van der Waals surface area contributed by atoms with Crippen molar-refractivity contribution in [3.63, 3.8) is 0 Å². The SMILES string of the molecule is CC1(C)[C@@]2(C(=O)Nc3cc([N+](=O)[O-])ccc3Br)CC[C@]1(C)C(=O)O2. The van der Waals surface area contributed by atoms with Gasteiger partial charge in [-0.2, -0.15) is 0 Å². The lowest BCUT2D eigenvalue weighted by atomic mass is 9.66. The number of nitrogens with zero attached hydrogens (tertiary/aromatic N) is 1. The lowest BCUT2D eigenvalue weighted by Crippen LogP contribution is -2.50. The zero-order valence-electron chi connectivity index (χ0n) is 13.5. The van der Waals surface area contributed by atoms with E-state index < -0.39 is 27.3 Å². The topological polar surface area (TPSA) is 98.5 Å². The van der Waals surface area contributed by atoms with Crippen LogP contribution in [0.4, 0.5) is 11.4 Å². The Hall–Kier alpha value is -1.96. The van der Waals surface area contributed by atoms with Crippen molar-refractivity contribution in [3.05, 3.63) is 32.8 Å². The first kappa shape index (κ1) is 16.9. The number of amides is 1. The van der Waals surface area contributed by atoms with Crippen LogP contribution in [0.2, 0.25) is 0 Å². The molecule has 2 bridgehead atoms. The zero-order valence-corrected chi connectivity index (χ0v) is 15.1. The summed E-state index contributed by atoms with van der Waals surface area (Å²) in [5.74, 6) is -0.824. The Balaban J connectivity index is 1.96. The molecule has 8 heteroatoms. The first-order valence-electron chi connectivity index (χ1n) is 7.54. The third-order valence-corrected chi connectivity index (χ3v) is 6.55. The minimum Gasteiger partial charge on any atom is -0.448 e. The summed E-state index contributed by atoms with van der Waals surface area (Å²) in [4.78, 5) is 35.6. The standard InChI is InChI=1S/C16H17BrN2O5/c1-14(2)15(3)6-7-16(14,24-13(15)21)12(20)18-11-8-9(19(22)23)4-5-10(11)17/h4-5,8H,6-7H2,1-3H3,(H,18,20)/t15-,16+/m1/s1. The average Bonchev–Trinajstić information content (AvgIpc) is 2.79. The molecule has 1 saturated heterocycles. The van der Waals surface area contributed by atoms with E-state index in [1.54, 1.807) is 0 Å². The molecule has 1 aromatic rings. The van der Waals surface area contributed by atoms with E-state index in [-0.39, 0.29) is 17.3 Å². The Bertz CT molecular complexity index is 778. The van der Waals surface area contributed by atoms with Crippen molar-refractivity contribution >= 4 is 39.2 Å². The van der Waals surface area contributed by atoms with Gasteiger partial charge in [-0.15, -0.1) is 0 Å². The van der Waals surface area contributed by atoms with Crippen molar-refractivity contribution in [1.29, 1.82) is 0 Å². The van der Waals surface area contributed by atoms with Gasteiger partial charge >= 0.3 is 5.97 Å². The highest BCUT2D eigenvalue weighted by atomic mass is 79.9. The van der Waals surface area contributed by atoms with Crippen LogP contribution in [0, 0.1) is 20.9 Å². The third kappa shape index (κ3) is 1.95. The molecule has 1 saturated carbocycles. The normalized spacial score (nSPS) is 30.1. The fourth-order valence-electron chi connectivity index (χ4n) is 3.69. The van der Waals surface area contributed by atoms with Crippen LogP contribution in [0.1, 0.15) is 33.6 Å². The first-order valence-corrected chi connectivity index (χ1v) is 8.33. The van der Waals surface area contributed by atoms with Gasteiger partial charge in [-0.1, -0.05) is 13.8 Å². The molecular formula is C16H17BrN2O5. The maximum Gasteiger partial charge on any atom is 0.313 e. The van der Waals surface area contributed by atoms with Gasteiger partial charge in [0.25, 0.3) is 11.6 Å². The Morgan fingerprint density at radius 3 is 2.50 bits per heavy atom. The number of nitro benzene ring substituents is 1. The molecule has 2 aliphatic rings. The number of halogens is 1. The van der Waals surface area contributed by atoms with E-state index in [2.05, 4.69) is 21.2 Å². The maximum atomic E-state index is 13.0. The van der Waals surface area contributed by atoms with Crippen molar-refractivity contribution in [3.8, 4) is 0 Å². The first-order chi connectivity index (χ1) is 11.0. The Kier molecular flexibility index (Phi) is 3.53. The summed E-state index contributed by atoms with van der Waals surface area (Å²) in [7, 11) is 0. The van der Waals surface area contributed by atoms with E-state index in [0.29, 0.717) is 17.3 Å². The molecule has 3 rings (SSSR count). The van der Waals surface area contributed by atoms with Crippen LogP contribution in [-0.2, 0) is 14.3 Å². The second-order valence-corrected chi connectivity index (χ2v) is 7.90. The number of ether oxygens (including phenoxy) is 1. The minimum atomic E-state index is -1.26. The summed E-state index contributed by atoms with van der Waals surface area (Å²) in [6.07, 6.45) is 1.00. The molecule has 24 heavy (non-hydrogen) atoms. The van der Waals surface area contributed by atoms with Crippen LogP contribution in [0.5, 0.6) is 0 Å². The molecule has 0 aromatic heterocycles. The number of carbonyl (C=O) groups excluding carboxylic acids is 2. The highest BCUT2D eigenvalue weighted by Gasteiger charge is 2.75. The van der Waals surface area contributed by atoms with Crippen LogP contribution in [0.25, 0.3) is 0 Å². The van der Waals surface area contributed by atoms with Gasteiger partial charge in [0.1, 0.15) is 0 Å². The van der Waals surface area contributed by atoms with Gasteiger partial charge in [-0.25, -0.2) is 0 Å². The van der Waals surface area contributed by atoms with E-state index in [0.717, 1.165) is 0 Å². The number of fused-ring (bicyclic) bond motifs is 2. The van der Waals surface area contributed by atoms with Gasteiger partial charge in [0.15, 0.2) is 5.60 Å². The summed E-state index contributed by atoms with van der Waals surface area (Å²) in [5.41, 5.74) is -2.50. The van der Waals surface area contributed by atoms with Crippen molar-refractivity contribution in [2.75, 3.05) is 5.32 Å². The quantitative estimate of drug-likeness (QED) is 0.479. The molecule has 1 aliphatic carbocycles. The molecule has 1 aromatic carbocycles. The van der Waals surface area contributed by atoms with E-state index in [9.17, 15) is 19.7 Å². The lowest BCUT2D eigenvalue weighted by molar-refractivity contribution is -0.384. The largest absolute Gasteiger partial charge is 0.448 e. The fraction of sp³-hybridized carbons (Fsp3) is 0.500. The average molecular weight is 397 g/mol. The van der Waals surface area contributed by atoms with Crippen LogP contribution in [0.3, 0.4) is 0 Å². The van der Waals surface area contributed by atoms with Crippen LogP contribution in [0.15, 0.2) is 22.7 Å². The van der Waals surface area contributed by atoms with Gasteiger partial charge < -0.3 is 10.1 Å². The van der Waals surface area contributed by atoms with Crippen LogP contribution >= 0.6 is 15.9 Å². The molecule has 0 spiro atoms. The molecule has 1 aliphatic heterocycles. The number of benzene rings is 1. The summed E-state index contributed by atoms with van der Waals surface area (Å²) < 4.78 is 6.03.